The highest BCUT2D eigenvalue weighted by atomic mass is 127. The largest absolute Gasteiger partial charge is 0.496 e. The molecule has 2 N–H and O–H groups in total. The van der Waals surface area contributed by atoms with Crippen molar-refractivity contribution < 1.29 is 14.3 Å². The van der Waals surface area contributed by atoms with Gasteiger partial charge in [0.25, 0.3) is 0 Å². The van der Waals surface area contributed by atoms with Gasteiger partial charge in [-0.15, -0.1) is 35.3 Å². The molecule has 0 aliphatic heterocycles. The lowest BCUT2D eigenvalue weighted by Gasteiger charge is -2.13. The standard InChI is InChI=1S/C17H22N4O3S.HI/c1-11-8-19-15(25-11)10-21-17(18-2)20-9-12-5-6-14(23-3)13(7-12)16(22)24-4;/h5-8H,9-10H2,1-4H3,(H2,18,20,21);1H. The summed E-state index contributed by atoms with van der Waals surface area (Å²) in [4.78, 5) is 21.5. The summed E-state index contributed by atoms with van der Waals surface area (Å²) < 4.78 is 9.99. The maximum atomic E-state index is 11.8. The Bertz CT molecular complexity index is 764. The smallest absolute Gasteiger partial charge is 0.341 e. The Labute approximate surface area is 174 Å². The van der Waals surface area contributed by atoms with E-state index in [1.54, 1.807) is 30.5 Å². The number of carbonyl (C=O) groups is 1. The molecular formula is C17H23IN4O3S. The average molecular weight is 490 g/mol. The van der Waals surface area contributed by atoms with E-state index in [2.05, 4.69) is 20.6 Å². The van der Waals surface area contributed by atoms with E-state index >= 15 is 0 Å². The van der Waals surface area contributed by atoms with Crippen LogP contribution in [0.4, 0.5) is 0 Å². The maximum absolute atomic E-state index is 11.8. The van der Waals surface area contributed by atoms with Crippen LogP contribution in [0.25, 0.3) is 0 Å². The summed E-state index contributed by atoms with van der Waals surface area (Å²) in [6, 6.07) is 5.38. The number of aryl methyl sites for hydroxylation is 1. The minimum absolute atomic E-state index is 0. The van der Waals surface area contributed by atoms with Crippen LogP contribution in [0.15, 0.2) is 29.4 Å². The molecule has 0 aliphatic rings. The molecule has 0 saturated carbocycles. The molecule has 0 spiro atoms. The summed E-state index contributed by atoms with van der Waals surface area (Å²) in [6.45, 7) is 3.13. The number of hydrogen-bond acceptors (Lipinski definition) is 6. The number of nitrogens with one attached hydrogen (secondary N) is 2. The zero-order chi connectivity index (χ0) is 18.2. The molecule has 9 heteroatoms. The fraction of sp³-hybridized carbons (Fsp3) is 0.353. The first kappa shape index (κ1) is 22.2. The first-order chi connectivity index (χ1) is 12.1. The predicted octanol–water partition coefficient (Wildman–Crippen LogP) is 2.73. The fourth-order valence-electron chi connectivity index (χ4n) is 2.18. The summed E-state index contributed by atoms with van der Waals surface area (Å²) in [5.74, 6) is 0.709. The van der Waals surface area contributed by atoms with Crippen LogP contribution in [-0.4, -0.2) is 38.2 Å². The molecule has 2 aromatic rings. The van der Waals surface area contributed by atoms with Gasteiger partial charge in [-0.2, -0.15) is 0 Å². The highest BCUT2D eigenvalue weighted by molar-refractivity contribution is 14.0. The van der Waals surface area contributed by atoms with Crippen LogP contribution < -0.4 is 15.4 Å². The monoisotopic (exact) mass is 490 g/mol. The molecule has 1 aromatic heterocycles. The van der Waals surface area contributed by atoms with Gasteiger partial charge in [-0.3, -0.25) is 4.99 Å². The number of halogens is 1. The molecule has 0 fully saturated rings. The van der Waals surface area contributed by atoms with Gasteiger partial charge >= 0.3 is 5.97 Å². The van der Waals surface area contributed by atoms with Gasteiger partial charge in [0.05, 0.1) is 20.8 Å². The van der Waals surface area contributed by atoms with Gasteiger partial charge in [0, 0.05) is 24.7 Å². The van der Waals surface area contributed by atoms with Crippen molar-refractivity contribution in [2.75, 3.05) is 21.3 Å². The maximum Gasteiger partial charge on any atom is 0.341 e. The Hall–Kier alpha value is -1.88. The summed E-state index contributed by atoms with van der Waals surface area (Å²) >= 11 is 1.64. The number of ether oxygens (including phenoxy) is 2. The number of methoxy groups -OCH3 is 2. The summed E-state index contributed by atoms with van der Waals surface area (Å²) in [5, 5.41) is 7.42. The van der Waals surface area contributed by atoms with Crippen molar-refractivity contribution in [1.29, 1.82) is 0 Å². The van der Waals surface area contributed by atoms with Crippen LogP contribution in [-0.2, 0) is 17.8 Å². The summed E-state index contributed by atoms with van der Waals surface area (Å²) in [6.07, 6.45) is 1.85. The Balaban J connectivity index is 0.00000338. The lowest BCUT2D eigenvalue weighted by molar-refractivity contribution is 0.0597. The highest BCUT2D eigenvalue weighted by Crippen LogP contribution is 2.20. The second-order valence-corrected chi connectivity index (χ2v) is 6.49. The van der Waals surface area contributed by atoms with E-state index in [1.807, 2.05) is 19.2 Å². The van der Waals surface area contributed by atoms with E-state index < -0.39 is 5.97 Å². The predicted molar refractivity (Wildman–Crippen MR) is 114 cm³/mol. The number of aromatic nitrogens is 1. The number of carbonyl (C=O) groups excluding carboxylic acids is 1. The van der Waals surface area contributed by atoms with E-state index in [4.69, 9.17) is 9.47 Å². The highest BCUT2D eigenvalue weighted by Gasteiger charge is 2.13. The zero-order valence-electron chi connectivity index (χ0n) is 15.2. The van der Waals surface area contributed by atoms with Gasteiger partial charge in [-0.05, 0) is 24.6 Å². The van der Waals surface area contributed by atoms with E-state index in [9.17, 15) is 4.79 Å². The molecule has 0 saturated heterocycles. The van der Waals surface area contributed by atoms with Crippen molar-refractivity contribution in [1.82, 2.24) is 15.6 Å². The van der Waals surface area contributed by atoms with Gasteiger partial charge in [-0.1, -0.05) is 6.07 Å². The van der Waals surface area contributed by atoms with Gasteiger partial charge in [0.15, 0.2) is 5.96 Å². The normalized spacial score (nSPS) is 10.7. The van der Waals surface area contributed by atoms with Crippen LogP contribution in [0, 0.1) is 6.92 Å². The van der Waals surface area contributed by atoms with Gasteiger partial charge in [0.1, 0.15) is 16.3 Å². The van der Waals surface area contributed by atoms with E-state index in [0.29, 0.717) is 30.4 Å². The number of esters is 1. The van der Waals surface area contributed by atoms with Crippen molar-refractivity contribution in [2.24, 2.45) is 4.99 Å². The van der Waals surface area contributed by atoms with Crippen molar-refractivity contribution in [3.05, 3.63) is 45.4 Å². The quantitative estimate of drug-likeness (QED) is 0.281. The molecule has 2 rings (SSSR count). The molecule has 142 valence electrons. The molecule has 0 aliphatic carbocycles. The van der Waals surface area contributed by atoms with Gasteiger partial charge in [-0.25, -0.2) is 9.78 Å². The summed E-state index contributed by atoms with van der Waals surface area (Å²) in [7, 11) is 4.57. The lowest BCUT2D eigenvalue weighted by atomic mass is 10.1. The number of benzene rings is 1. The third-order valence-electron chi connectivity index (χ3n) is 3.43. The molecule has 1 heterocycles. The van der Waals surface area contributed by atoms with Gasteiger partial charge in [0.2, 0.25) is 0 Å². The molecule has 26 heavy (non-hydrogen) atoms. The number of thiazole rings is 1. The molecule has 0 atom stereocenters. The Morgan fingerprint density at radius 3 is 2.58 bits per heavy atom. The zero-order valence-corrected chi connectivity index (χ0v) is 18.3. The van der Waals surface area contributed by atoms with Crippen molar-refractivity contribution >= 4 is 47.2 Å². The first-order valence-corrected chi connectivity index (χ1v) is 8.50. The Kier molecular flexibility index (Phi) is 9.35. The number of rotatable bonds is 6. The summed E-state index contributed by atoms with van der Waals surface area (Å²) in [5.41, 5.74) is 1.31. The van der Waals surface area contributed by atoms with Crippen LogP contribution in [0.5, 0.6) is 5.75 Å². The van der Waals surface area contributed by atoms with Crippen molar-refractivity contribution in [3.8, 4) is 5.75 Å². The fourth-order valence-corrected chi connectivity index (χ4v) is 2.91. The number of hydrogen-bond donors (Lipinski definition) is 2. The van der Waals surface area contributed by atoms with Crippen LogP contribution in [0.3, 0.4) is 0 Å². The minimum atomic E-state index is -0.430. The van der Waals surface area contributed by atoms with Gasteiger partial charge < -0.3 is 20.1 Å². The first-order valence-electron chi connectivity index (χ1n) is 7.68. The second kappa shape index (κ2) is 11.0. The Morgan fingerprint density at radius 2 is 2.00 bits per heavy atom. The van der Waals surface area contributed by atoms with Crippen molar-refractivity contribution in [3.63, 3.8) is 0 Å². The van der Waals surface area contributed by atoms with Crippen LogP contribution >= 0.6 is 35.3 Å². The number of nitrogens with zero attached hydrogens (tertiary/aromatic N) is 2. The Morgan fingerprint density at radius 1 is 1.27 bits per heavy atom. The third-order valence-corrected chi connectivity index (χ3v) is 4.34. The van der Waals surface area contributed by atoms with Crippen LogP contribution in [0.2, 0.25) is 0 Å². The lowest BCUT2D eigenvalue weighted by Crippen LogP contribution is -2.36. The second-order valence-electron chi connectivity index (χ2n) is 5.17. The molecule has 0 unspecified atom stereocenters. The van der Waals surface area contributed by atoms with Crippen LogP contribution in [0.1, 0.15) is 25.8 Å². The number of guanidine groups is 1. The molecule has 1 aromatic carbocycles. The SMILES string of the molecule is CN=C(NCc1ccc(OC)c(C(=O)OC)c1)NCc1ncc(C)s1.I. The third kappa shape index (κ3) is 6.13. The minimum Gasteiger partial charge on any atom is -0.496 e. The van der Waals surface area contributed by atoms with E-state index in [-0.39, 0.29) is 24.0 Å². The topological polar surface area (TPSA) is 84.8 Å². The molecular weight excluding hydrogens is 467 g/mol. The molecule has 0 amide bonds. The van der Waals surface area contributed by atoms with E-state index in [0.717, 1.165) is 10.6 Å². The molecule has 7 nitrogen and oxygen atoms in total. The van der Waals surface area contributed by atoms with Crippen molar-refractivity contribution in [2.45, 2.75) is 20.0 Å². The average Bonchev–Trinajstić information content (AvgIpc) is 3.06. The number of aliphatic imine (C=N–C) groups is 1. The molecule has 0 radical (unpaired) electrons. The molecule has 0 bridgehead atoms. The van der Waals surface area contributed by atoms with E-state index in [1.165, 1.54) is 19.1 Å².